The number of guanidine groups is 1. The molecule has 3 rings (SSSR count). The van der Waals surface area contributed by atoms with Crippen LogP contribution in [0.2, 0.25) is 0 Å². The molecule has 0 bridgehead atoms. The second kappa shape index (κ2) is 11.1. The van der Waals surface area contributed by atoms with Gasteiger partial charge in [-0.25, -0.2) is 4.79 Å². The van der Waals surface area contributed by atoms with Crippen LogP contribution >= 0.6 is 0 Å². The third-order valence-electron chi connectivity index (χ3n) is 5.85. The monoisotopic (exact) mass is 417 g/mol. The van der Waals surface area contributed by atoms with E-state index in [9.17, 15) is 4.79 Å². The number of carbonyl (C=O) groups excluding carboxylic acids is 1. The van der Waals surface area contributed by atoms with Crippen molar-refractivity contribution < 1.29 is 14.3 Å². The van der Waals surface area contributed by atoms with Gasteiger partial charge in [0.15, 0.2) is 5.96 Å². The van der Waals surface area contributed by atoms with E-state index >= 15 is 0 Å². The van der Waals surface area contributed by atoms with Crippen LogP contribution in [0.15, 0.2) is 29.3 Å². The molecule has 1 atom stereocenters. The van der Waals surface area contributed by atoms with Gasteiger partial charge in [0.05, 0.1) is 19.8 Å². The van der Waals surface area contributed by atoms with Crippen molar-refractivity contribution in [2.45, 2.75) is 25.8 Å². The minimum absolute atomic E-state index is 0.228. The molecule has 1 amide bonds. The van der Waals surface area contributed by atoms with E-state index in [1.165, 1.54) is 18.4 Å². The van der Waals surface area contributed by atoms with Gasteiger partial charge in [-0.3, -0.25) is 9.89 Å². The Balaban J connectivity index is 1.60. The van der Waals surface area contributed by atoms with Gasteiger partial charge in [-0.15, -0.1) is 0 Å². The summed E-state index contributed by atoms with van der Waals surface area (Å²) in [5.41, 5.74) is 1.28. The summed E-state index contributed by atoms with van der Waals surface area (Å²) in [6, 6.07) is 8.66. The highest BCUT2D eigenvalue weighted by Crippen LogP contribution is 2.26. The fourth-order valence-electron chi connectivity index (χ4n) is 4.17. The van der Waals surface area contributed by atoms with Crippen molar-refractivity contribution >= 4 is 12.1 Å². The number of aliphatic imine (C=N–C) groups is 1. The number of rotatable bonds is 6. The third kappa shape index (κ3) is 5.56. The van der Waals surface area contributed by atoms with Crippen molar-refractivity contribution in [1.29, 1.82) is 0 Å². The summed E-state index contributed by atoms with van der Waals surface area (Å²) in [4.78, 5) is 22.9. The Kier molecular flexibility index (Phi) is 8.19. The molecule has 0 radical (unpaired) electrons. The molecular formula is C22H35N5O3. The quantitative estimate of drug-likeness (QED) is 0.565. The van der Waals surface area contributed by atoms with Crippen LogP contribution in [0.3, 0.4) is 0 Å². The first-order chi connectivity index (χ1) is 14.7. The first-order valence-corrected chi connectivity index (χ1v) is 10.9. The number of amides is 1. The number of hydrogen-bond acceptors (Lipinski definition) is 5. The summed E-state index contributed by atoms with van der Waals surface area (Å²) in [6.07, 6.45) is 2.27. The lowest BCUT2D eigenvalue weighted by molar-refractivity contribution is 0.0913. The van der Waals surface area contributed by atoms with Gasteiger partial charge in [-0.1, -0.05) is 12.1 Å². The van der Waals surface area contributed by atoms with Crippen LogP contribution in [-0.2, 0) is 4.74 Å². The third-order valence-corrected chi connectivity index (χ3v) is 5.85. The summed E-state index contributed by atoms with van der Waals surface area (Å²) in [6.45, 7) is 8.05. The molecule has 2 aliphatic heterocycles. The lowest BCUT2D eigenvalue weighted by atomic mass is 10.1. The van der Waals surface area contributed by atoms with E-state index in [1.807, 2.05) is 26.1 Å². The molecule has 1 unspecified atom stereocenters. The maximum atomic E-state index is 11.9. The number of nitrogens with zero attached hydrogens (tertiary/aromatic N) is 4. The number of carbonyl (C=O) groups is 1. The van der Waals surface area contributed by atoms with Crippen molar-refractivity contribution in [1.82, 2.24) is 20.0 Å². The zero-order valence-electron chi connectivity index (χ0n) is 18.5. The van der Waals surface area contributed by atoms with Crippen LogP contribution in [0.1, 0.15) is 31.4 Å². The second-order valence-corrected chi connectivity index (χ2v) is 7.63. The molecule has 1 N–H and O–H groups in total. The van der Waals surface area contributed by atoms with Gasteiger partial charge in [-0.2, -0.15) is 0 Å². The minimum Gasteiger partial charge on any atom is -0.497 e. The Bertz CT molecular complexity index is 695. The van der Waals surface area contributed by atoms with E-state index in [-0.39, 0.29) is 12.1 Å². The number of benzene rings is 1. The Morgan fingerprint density at radius 3 is 2.27 bits per heavy atom. The molecule has 30 heavy (non-hydrogen) atoms. The zero-order valence-corrected chi connectivity index (χ0v) is 18.5. The lowest BCUT2D eigenvalue weighted by Gasteiger charge is -2.37. The maximum absolute atomic E-state index is 11.9. The molecule has 2 fully saturated rings. The maximum Gasteiger partial charge on any atom is 0.409 e. The van der Waals surface area contributed by atoms with Gasteiger partial charge in [0.2, 0.25) is 0 Å². The number of likely N-dealkylation sites (tertiary alicyclic amines) is 1. The summed E-state index contributed by atoms with van der Waals surface area (Å²) >= 11 is 0. The van der Waals surface area contributed by atoms with Crippen LogP contribution < -0.4 is 10.1 Å². The fourth-order valence-corrected chi connectivity index (χ4v) is 4.17. The van der Waals surface area contributed by atoms with Crippen molar-refractivity contribution in [2.24, 2.45) is 4.99 Å². The van der Waals surface area contributed by atoms with Crippen LogP contribution in [0.4, 0.5) is 4.79 Å². The summed E-state index contributed by atoms with van der Waals surface area (Å²) in [7, 11) is 3.51. The number of piperazine rings is 1. The van der Waals surface area contributed by atoms with E-state index in [4.69, 9.17) is 9.47 Å². The molecule has 2 saturated heterocycles. The SMILES string of the molecule is CCOC(=O)N1CCN(C(=NC)NCC(c2ccc(OC)cc2)N2CCCC2)CC1. The molecule has 0 spiro atoms. The van der Waals surface area contributed by atoms with Gasteiger partial charge in [0, 0.05) is 39.8 Å². The second-order valence-electron chi connectivity index (χ2n) is 7.63. The molecule has 0 aliphatic carbocycles. The number of methoxy groups -OCH3 is 1. The fraction of sp³-hybridized carbons (Fsp3) is 0.636. The Hall–Kier alpha value is -2.48. The molecule has 2 heterocycles. The molecule has 8 nitrogen and oxygen atoms in total. The van der Waals surface area contributed by atoms with Crippen molar-refractivity contribution in [3.05, 3.63) is 29.8 Å². The molecule has 1 aromatic carbocycles. The molecule has 166 valence electrons. The van der Waals surface area contributed by atoms with Gasteiger partial charge >= 0.3 is 6.09 Å². The highest BCUT2D eigenvalue weighted by molar-refractivity contribution is 5.80. The van der Waals surface area contributed by atoms with E-state index in [0.29, 0.717) is 19.7 Å². The first kappa shape index (κ1) is 22.2. The van der Waals surface area contributed by atoms with Crippen LogP contribution in [-0.4, -0.2) is 93.3 Å². The van der Waals surface area contributed by atoms with Crippen molar-refractivity contribution in [3.63, 3.8) is 0 Å². The van der Waals surface area contributed by atoms with E-state index < -0.39 is 0 Å². The van der Waals surface area contributed by atoms with Crippen LogP contribution in [0, 0.1) is 0 Å². The zero-order chi connectivity index (χ0) is 21.3. The largest absolute Gasteiger partial charge is 0.497 e. The molecule has 2 aliphatic rings. The molecule has 0 aromatic heterocycles. The first-order valence-electron chi connectivity index (χ1n) is 10.9. The Morgan fingerprint density at radius 2 is 1.70 bits per heavy atom. The highest BCUT2D eigenvalue weighted by Gasteiger charge is 2.26. The van der Waals surface area contributed by atoms with Crippen LogP contribution in [0.25, 0.3) is 0 Å². The van der Waals surface area contributed by atoms with E-state index in [2.05, 4.69) is 32.2 Å². The van der Waals surface area contributed by atoms with Gasteiger partial charge in [0.25, 0.3) is 0 Å². The lowest BCUT2D eigenvalue weighted by Crippen LogP contribution is -2.54. The van der Waals surface area contributed by atoms with Crippen molar-refractivity contribution in [3.8, 4) is 5.75 Å². The Labute approximate surface area is 179 Å². The number of nitrogens with one attached hydrogen (secondary N) is 1. The Morgan fingerprint density at radius 1 is 1.07 bits per heavy atom. The van der Waals surface area contributed by atoms with E-state index in [1.54, 1.807) is 12.0 Å². The molecule has 8 heteroatoms. The average molecular weight is 418 g/mol. The molecule has 0 saturated carbocycles. The van der Waals surface area contributed by atoms with Gasteiger partial charge in [-0.05, 0) is 50.6 Å². The predicted octanol–water partition coefficient (Wildman–Crippen LogP) is 2.18. The van der Waals surface area contributed by atoms with Gasteiger partial charge in [0.1, 0.15) is 5.75 Å². The highest BCUT2D eigenvalue weighted by atomic mass is 16.6. The summed E-state index contributed by atoms with van der Waals surface area (Å²) in [5.74, 6) is 1.76. The average Bonchev–Trinajstić information content (AvgIpc) is 3.32. The summed E-state index contributed by atoms with van der Waals surface area (Å²) < 4.78 is 10.4. The standard InChI is InChI=1S/C22H35N5O3/c1-4-30-22(28)27-15-13-26(14-16-27)21(23-2)24-17-20(25-11-5-6-12-25)18-7-9-19(29-3)10-8-18/h7-10,20H,4-6,11-17H2,1-3H3,(H,23,24). The predicted molar refractivity (Wildman–Crippen MR) is 118 cm³/mol. The minimum atomic E-state index is -0.228. The molecular weight excluding hydrogens is 382 g/mol. The molecule has 1 aromatic rings. The number of hydrogen-bond donors (Lipinski definition) is 1. The normalized spacial score (nSPS) is 19.0. The summed E-state index contributed by atoms with van der Waals surface area (Å²) in [5, 5.41) is 3.58. The van der Waals surface area contributed by atoms with E-state index in [0.717, 1.165) is 44.4 Å². The number of ether oxygens (including phenoxy) is 2. The topological polar surface area (TPSA) is 69.6 Å². The van der Waals surface area contributed by atoms with Gasteiger partial charge < -0.3 is 24.6 Å². The van der Waals surface area contributed by atoms with Crippen molar-refractivity contribution in [2.75, 3.05) is 66.6 Å². The van der Waals surface area contributed by atoms with Crippen LogP contribution in [0.5, 0.6) is 5.75 Å². The smallest absolute Gasteiger partial charge is 0.409 e.